The molecule has 1 aromatic rings. The molecule has 0 aromatic heterocycles. The third-order valence-corrected chi connectivity index (χ3v) is 2.41. The number of carbonyl (C=O) groups is 2. The average molecular weight is 202 g/mol. The fourth-order valence-electron chi connectivity index (χ4n) is 1.70. The molecule has 0 bridgehead atoms. The van der Waals surface area contributed by atoms with Crippen LogP contribution in [0.3, 0.4) is 0 Å². The highest BCUT2D eigenvalue weighted by Crippen LogP contribution is 2.30. The number of hydrogen-bond donors (Lipinski definition) is 0. The number of ketones is 1. The highest BCUT2D eigenvalue weighted by Gasteiger charge is 2.23. The molecule has 1 aliphatic rings. The van der Waals surface area contributed by atoms with Gasteiger partial charge >= 0.3 is 5.97 Å². The zero-order valence-electron chi connectivity index (χ0n) is 8.16. The van der Waals surface area contributed by atoms with Crippen LogP contribution in [0.4, 0.5) is 0 Å². The molecule has 2 rings (SSSR count). The first-order valence-electron chi connectivity index (χ1n) is 4.71. The number of Topliss-reactive ketones (excluding diaryl/α,β-unsaturated/α-hetero) is 1. The fourth-order valence-corrected chi connectivity index (χ4v) is 1.70. The maximum absolute atomic E-state index is 11.4. The molecular formula is C12H10O3. The van der Waals surface area contributed by atoms with Gasteiger partial charge in [0, 0.05) is 23.6 Å². The summed E-state index contributed by atoms with van der Waals surface area (Å²) < 4.78 is 5.05. The van der Waals surface area contributed by atoms with Crippen molar-refractivity contribution in [2.75, 3.05) is 0 Å². The molecular weight excluding hydrogens is 192 g/mol. The number of esters is 1. The zero-order valence-corrected chi connectivity index (χ0v) is 8.16. The minimum atomic E-state index is -0.497. The van der Waals surface area contributed by atoms with Gasteiger partial charge in [-0.25, -0.2) is 4.79 Å². The fraction of sp³-hybridized carbons (Fsp3) is 0.167. The summed E-state index contributed by atoms with van der Waals surface area (Å²) in [6, 6.07) is 5.17. The SMILES string of the molecule is C=CC(=O)Oc1cccc2c1CCC2=O. The highest BCUT2D eigenvalue weighted by molar-refractivity contribution is 6.01. The molecule has 0 heterocycles. The Morgan fingerprint density at radius 3 is 2.93 bits per heavy atom. The lowest BCUT2D eigenvalue weighted by molar-refractivity contribution is -0.129. The molecule has 3 heteroatoms. The van der Waals surface area contributed by atoms with Crippen molar-refractivity contribution in [2.45, 2.75) is 12.8 Å². The van der Waals surface area contributed by atoms with Crippen molar-refractivity contribution in [3.05, 3.63) is 42.0 Å². The van der Waals surface area contributed by atoms with E-state index < -0.39 is 5.97 Å². The molecule has 1 aromatic carbocycles. The van der Waals surface area contributed by atoms with Gasteiger partial charge in [0.2, 0.25) is 0 Å². The van der Waals surface area contributed by atoms with Gasteiger partial charge < -0.3 is 4.74 Å². The van der Waals surface area contributed by atoms with Gasteiger partial charge in [0.05, 0.1) is 0 Å². The van der Waals surface area contributed by atoms with Crippen molar-refractivity contribution in [3.63, 3.8) is 0 Å². The van der Waals surface area contributed by atoms with Gasteiger partial charge in [0.1, 0.15) is 5.75 Å². The van der Waals surface area contributed by atoms with E-state index in [9.17, 15) is 9.59 Å². The van der Waals surface area contributed by atoms with E-state index in [-0.39, 0.29) is 5.78 Å². The molecule has 0 atom stereocenters. The predicted octanol–water partition coefficient (Wildman–Crippen LogP) is 1.91. The first-order chi connectivity index (χ1) is 7.22. The lowest BCUT2D eigenvalue weighted by atomic mass is 10.1. The summed E-state index contributed by atoms with van der Waals surface area (Å²) in [7, 11) is 0. The van der Waals surface area contributed by atoms with Crippen LogP contribution in [-0.4, -0.2) is 11.8 Å². The maximum atomic E-state index is 11.4. The molecule has 0 fully saturated rings. The normalized spacial score (nSPS) is 13.5. The van der Waals surface area contributed by atoms with E-state index in [1.807, 2.05) is 0 Å². The Hall–Kier alpha value is -1.90. The second-order valence-corrected chi connectivity index (χ2v) is 3.33. The lowest BCUT2D eigenvalue weighted by Gasteiger charge is -2.06. The van der Waals surface area contributed by atoms with E-state index in [0.717, 1.165) is 11.6 Å². The summed E-state index contributed by atoms with van der Waals surface area (Å²) >= 11 is 0. The van der Waals surface area contributed by atoms with Crippen molar-refractivity contribution in [1.82, 2.24) is 0 Å². The van der Waals surface area contributed by atoms with Gasteiger partial charge in [-0.15, -0.1) is 0 Å². The van der Waals surface area contributed by atoms with Crippen LogP contribution in [0, 0.1) is 0 Å². The molecule has 76 valence electrons. The van der Waals surface area contributed by atoms with E-state index in [1.165, 1.54) is 0 Å². The first-order valence-corrected chi connectivity index (χ1v) is 4.71. The monoisotopic (exact) mass is 202 g/mol. The topological polar surface area (TPSA) is 43.4 Å². The molecule has 0 spiro atoms. The predicted molar refractivity (Wildman–Crippen MR) is 54.9 cm³/mol. The van der Waals surface area contributed by atoms with E-state index in [4.69, 9.17) is 4.74 Å². The standard InChI is InChI=1S/C12H10O3/c1-2-12(14)15-11-5-3-4-8-9(11)6-7-10(8)13/h2-5H,1,6-7H2. The van der Waals surface area contributed by atoms with E-state index in [0.29, 0.717) is 24.2 Å². The molecule has 0 saturated carbocycles. The minimum absolute atomic E-state index is 0.113. The maximum Gasteiger partial charge on any atom is 0.335 e. The quantitative estimate of drug-likeness (QED) is 0.418. The number of carbonyl (C=O) groups excluding carboxylic acids is 2. The zero-order chi connectivity index (χ0) is 10.8. The Bertz CT molecular complexity index is 446. The molecule has 0 unspecified atom stereocenters. The third-order valence-electron chi connectivity index (χ3n) is 2.41. The van der Waals surface area contributed by atoms with Crippen LogP contribution in [0.25, 0.3) is 0 Å². The number of rotatable bonds is 2. The van der Waals surface area contributed by atoms with Crippen LogP contribution < -0.4 is 4.74 Å². The van der Waals surface area contributed by atoms with Crippen molar-refractivity contribution in [1.29, 1.82) is 0 Å². The summed E-state index contributed by atoms with van der Waals surface area (Å²) in [5.74, 6) is 0.0903. The Morgan fingerprint density at radius 2 is 2.20 bits per heavy atom. The van der Waals surface area contributed by atoms with Crippen molar-refractivity contribution >= 4 is 11.8 Å². The molecule has 3 nitrogen and oxygen atoms in total. The Kier molecular flexibility index (Phi) is 2.37. The summed E-state index contributed by atoms with van der Waals surface area (Å²) in [6.07, 6.45) is 2.25. The van der Waals surface area contributed by atoms with E-state index >= 15 is 0 Å². The van der Waals surface area contributed by atoms with Crippen LogP contribution in [0.2, 0.25) is 0 Å². The van der Waals surface area contributed by atoms with Crippen molar-refractivity contribution < 1.29 is 14.3 Å². The summed E-state index contributed by atoms with van der Waals surface area (Å²) in [5, 5.41) is 0. The van der Waals surface area contributed by atoms with Gasteiger partial charge in [-0.1, -0.05) is 18.7 Å². The third kappa shape index (κ3) is 1.68. The van der Waals surface area contributed by atoms with Crippen LogP contribution in [0.15, 0.2) is 30.9 Å². The lowest BCUT2D eigenvalue weighted by Crippen LogP contribution is -2.05. The van der Waals surface area contributed by atoms with Crippen LogP contribution >= 0.6 is 0 Å². The average Bonchev–Trinajstić information content (AvgIpc) is 2.62. The smallest absolute Gasteiger partial charge is 0.335 e. The largest absolute Gasteiger partial charge is 0.423 e. The number of ether oxygens (including phenoxy) is 1. The van der Waals surface area contributed by atoms with Gasteiger partial charge in [-0.05, 0) is 12.5 Å². The number of benzene rings is 1. The van der Waals surface area contributed by atoms with Crippen molar-refractivity contribution in [3.8, 4) is 5.75 Å². The van der Waals surface area contributed by atoms with E-state index in [2.05, 4.69) is 6.58 Å². The van der Waals surface area contributed by atoms with Gasteiger partial charge in [0.25, 0.3) is 0 Å². The van der Waals surface area contributed by atoms with Gasteiger partial charge in [0.15, 0.2) is 5.78 Å². The summed E-state index contributed by atoms with van der Waals surface area (Å²) in [4.78, 5) is 22.4. The van der Waals surface area contributed by atoms with Gasteiger partial charge in [-0.2, -0.15) is 0 Å². The molecule has 1 aliphatic carbocycles. The Labute approximate surface area is 87.4 Å². The van der Waals surface area contributed by atoms with E-state index in [1.54, 1.807) is 18.2 Å². The molecule has 15 heavy (non-hydrogen) atoms. The molecule has 0 N–H and O–H groups in total. The highest BCUT2D eigenvalue weighted by atomic mass is 16.5. The minimum Gasteiger partial charge on any atom is -0.423 e. The first kappa shape index (κ1) is 9.65. The second-order valence-electron chi connectivity index (χ2n) is 3.33. The molecule has 0 radical (unpaired) electrons. The molecule has 0 aliphatic heterocycles. The summed E-state index contributed by atoms with van der Waals surface area (Å²) in [6.45, 7) is 3.32. The number of fused-ring (bicyclic) bond motifs is 1. The number of hydrogen-bond acceptors (Lipinski definition) is 3. The Balaban J connectivity index is 2.38. The van der Waals surface area contributed by atoms with Crippen LogP contribution in [-0.2, 0) is 11.2 Å². The van der Waals surface area contributed by atoms with Crippen molar-refractivity contribution in [2.24, 2.45) is 0 Å². The second kappa shape index (κ2) is 3.69. The van der Waals surface area contributed by atoms with Crippen LogP contribution in [0.5, 0.6) is 5.75 Å². The van der Waals surface area contributed by atoms with Gasteiger partial charge in [-0.3, -0.25) is 4.79 Å². The summed E-state index contributed by atoms with van der Waals surface area (Å²) in [5.41, 5.74) is 1.50. The molecule has 0 amide bonds. The Morgan fingerprint density at radius 1 is 1.40 bits per heavy atom. The van der Waals surface area contributed by atoms with Crippen LogP contribution in [0.1, 0.15) is 22.3 Å². The molecule has 0 saturated heterocycles.